The molecule has 0 bridgehead atoms. The summed E-state index contributed by atoms with van der Waals surface area (Å²) in [5, 5.41) is 0. The SMILES string of the molecule is C=C(C)CCC(C(C)=O)C(=O)OC. The first-order chi connectivity index (χ1) is 5.99. The van der Waals surface area contributed by atoms with Gasteiger partial charge in [-0.3, -0.25) is 9.59 Å². The smallest absolute Gasteiger partial charge is 0.316 e. The number of hydrogen-bond donors (Lipinski definition) is 0. The van der Waals surface area contributed by atoms with E-state index in [0.29, 0.717) is 12.8 Å². The van der Waals surface area contributed by atoms with Gasteiger partial charge < -0.3 is 4.74 Å². The van der Waals surface area contributed by atoms with Crippen molar-refractivity contribution in [2.24, 2.45) is 5.92 Å². The van der Waals surface area contributed by atoms with Crippen LogP contribution in [0.25, 0.3) is 0 Å². The van der Waals surface area contributed by atoms with E-state index in [-0.39, 0.29) is 5.78 Å². The van der Waals surface area contributed by atoms with E-state index in [1.807, 2.05) is 6.92 Å². The van der Waals surface area contributed by atoms with Gasteiger partial charge in [-0.2, -0.15) is 0 Å². The summed E-state index contributed by atoms with van der Waals surface area (Å²) in [5.41, 5.74) is 0.968. The Kier molecular flexibility index (Phi) is 5.04. The third-order valence-electron chi connectivity index (χ3n) is 1.84. The fourth-order valence-electron chi connectivity index (χ4n) is 1.02. The van der Waals surface area contributed by atoms with E-state index >= 15 is 0 Å². The highest BCUT2D eigenvalue weighted by Gasteiger charge is 2.23. The number of Topliss-reactive ketones (excluding diaryl/α,β-unsaturated/α-hetero) is 1. The van der Waals surface area contributed by atoms with Crippen molar-refractivity contribution in [3.63, 3.8) is 0 Å². The molecule has 0 saturated carbocycles. The maximum Gasteiger partial charge on any atom is 0.316 e. The molecule has 0 aromatic carbocycles. The first kappa shape index (κ1) is 11.9. The van der Waals surface area contributed by atoms with Gasteiger partial charge in [-0.25, -0.2) is 0 Å². The molecule has 0 saturated heterocycles. The maximum absolute atomic E-state index is 11.1. The predicted octanol–water partition coefficient (Wildman–Crippen LogP) is 1.72. The molecule has 0 aromatic heterocycles. The van der Waals surface area contributed by atoms with Crippen LogP contribution in [-0.4, -0.2) is 18.9 Å². The van der Waals surface area contributed by atoms with Gasteiger partial charge in [-0.1, -0.05) is 5.57 Å². The predicted molar refractivity (Wildman–Crippen MR) is 50.2 cm³/mol. The summed E-state index contributed by atoms with van der Waals surface area (Å²) in [5.74, 6) is -1.22. The molecule has 0 amide bonds. The number of allylic oxidation sites excluding steroid dienone is 1. The Morgan fingerprint density at radius 3 is 2.23 bits per heavy atom. The van der Waals surface area contributed by atoms with Gasteiger partial charge in [0.25, 0.3) is 0 Å². The molecule has 0 heterocycles. The summed E-state index contributed by atoms with van der Waals surface area (Å²) < 4.78 is 4.52. The molecule has 1 unspecified atom stereocenters. The van der Waals surface area contributed by atoms with Gasteiger partial charge in [0.05, 0.1) is 7.11 Å². The van der Waals surface area contributed by atoms with E-state index in [9.17, 15) is 9.59 Å². The number of carbonyl (C=O) groups is 2. The molecule has 0 aliphatic heterocycles. The molecule has 0 aromatic rings. The van der Waals surface area contributed by atoms with Gasteiger partial charge in [-0.05, 0) is 26.7 Å². The minimum absolute atomic E-state index is 0.145. The van der Waals surface area contributed by atoms with E-state index < -0.39 is 11.9 Å². The third kappa shape index (κ3) is 4.45. The minimum atomic E-state index is -0.623. The molecule has 0 rings (SSSR count). The van der Waals surface area contributed by atoms with Gasteiger partial charge in [0.15, 0.2) is 0 Å². The fraction of sp³-hybridized carbons (Fsp3) is 0.600. The lowest BCUT2D eigenvalue weighted by atomic mass is 9.97. The molecule has 3 heteroatoms. The Labute approximate surface area is 78.8 Å². The number of esters is 1. The molecule has 3 nitrogen and oxygen atoms in total. The third-order valence-corrected chi connectivity index (χ3v) is 1.84. The average Bonchev–Trinajstić information content (AvgIpc) is 2.03. The molecular weight excluding hydrogens is 168 g/mol. The van der Waals surface area contributed by atoms with E-state index in [1.165, 1.54) is 14.0 Å². The van der Waals surface area contributed by atoms with Crippen LogP contribution in [0.2, 0.25) is 0 Å². The van der Waals surface area contributed by atoms with E-state index in [2.05, 4.69) is 11.3 Å². The number of rotatable bonds is 5. The Balaban J connectivity index is 4.18. The van der Waals surface area contributed by atoms with Crippen LogP contribution in [0.4, 0.5) is 0 Å². The van der Waals surface area contributed by atoms with Crippen LogP contribution in [0.15, 0.2) is 12.2 Å². The normalized spacial score (nSPS) is 11.9. The van der Waals surface area contributed by atoms with Crippen molar-refractivity contribution in [1.82, 2.24) is 0 Å². The summed E-state index contributed by atoms with van der Waals surface area (Å²) in [4.78, 5) is 22.1. The summed E-state index contributed by atoms with van der Waals surface area (Å²) in [6.45, 7) is 6.98. The van der Waals surface area contributed by atoms with Crippen LogP contribution in [0.3, 0.4) is 0 Å². The second-order valence-electron chi connectivity index (χ2n) is 3.18. The molecule has 74 valence electrons. The lowest BCUT2D eigenvalue weighted by Crippen LogP contribution is -2.23. The van der Waals surface area contributed by atoms with Gasteiger partial charge in [0, 0.05) is 0 Å². The van der Waals surface area contributed by atoms with Crippen LogP contribution < -0.4 is 0 Å². The van der Waals surface area contributed by atoms with Gasteiger partial charge in [0.1, 0.15) is 11.7 Å². The largest absolute Gasteiger partial charge is 0.468 e. The minimum Gasteiger partial charge on any atom is -0.468 e. The number of ketones is 1. The second kappa shape index (κ2) is 5.51. The maximum atomic E-state index is 11.1. The second-order valence-corrected chi connectivity index (χ2v) is 3.18. The first-order valence-electron chi connectivity index (χ1n) is 4.21. The Hall–Kier alpha value is -1.12. The zero-order valence-corrected chi connectivity index (χ0v) is 8.42. The lowest BCUT2D eigenvalue weighted by Gasteiger charge is -2.10. The summed E-state index contributed by atoms with van der Waals surface area (Å²) in [6, 6.07) is 0. The van der Waals surface area contributed by atoms with Crippen LogP contribution >= 0.6 is 0 Å². The zero-order chi connectivity index (χ0) is 10.4. The standard InChI is InChI=1S/C10H16O3/c1-7(2)5-6-9(8(3)11)10(12)13-4/h9H,1,5-6H2,2-4H3. The van der Waals surface area contributed by atoms with E-state index in [4.69, 9.17) is 0 Å². The van der Waals surface area contributed by atoms with Gasteiger partial charge in [-0.15, -0.1) is 6.58 Å². The van der Waals surface area contributed by atoms with Crippen molar-refractivity contribution >= 4 is 11.8 Å². The van der Waals surface area contributed by atoms with Crippen LogP contribution in [-0.2, 0) is 14.3 Å². The van der Waals surface area contributed by atoms with Crippen LogP contribution in [0.5, 0.6) is 0 Å². The van der Waals surface area contributed by atoms with Crippen LogP contribution in [0.1, 0.15) is 26.7 Å². The highest BCUT2D eigenvalue weighted by Crippen LogP contribution is 2.13. The molecule has 0 radical (unpaired) electrons. The monoisotopic (exact) mass is 184 g/mol. The quantitative estimate of drug-likeness (QED) is 0.371. The summed E-state index contributed by atoms with van der Waals surface area (Å²) >= 11 is 0. The number of carbonyl (C=O) groups excluding carboxylic acids is 2. The van der Waals surface area contributed by atoms with Crippen molar-refractivity contribution < 1.29 is 14.3 Å². The van der Waals surface area contributed by atoms with Crippen molar-refractivity contribution in [2.45, 2.75) is 26.7 Å². The fourth-order valence-corrected chi connectivity index (χ4v) is 1.02. The van der Waals surface area contributed by atoms with Crippen LogP contribution in [0, 0.1) is 5.92 Å². The number of ether oxygens (including phenoxy) is 1. The highest BCUT2D eigenvalue weighted by molar-refractivity contribution is 5.97. The molecule has 0 fully saturated rings. The lowest BCUT2D eigenvalue weighted by molar-refractivity contribution is -0.149. The average molecular weight is 184 g/mol. The topological polar surface area (TPSA) is 43.4 Å². The Bertz CT molecular complexity index is 218. The molecule has 1 atom stereocenters. The van der Waals surface area contributed by atoms with Crippen molar-refractivity contribution in [2.75, 3.05) is 7.11 Å². The summed E-state index contributed by atoms with van der Waals surface area (Å²) in [7, 11) is 1.29. The van der Waals surface area contributed by atoms with E-state index in [0.717, 1.165) is 5.57 Å². The van der Waals surface area contributed by atoms with Crippen molar-refractivity contribution in [3.8, 4) is 0 Å². The van der Waals surface area contributed by atoms with Gasteiger partial charge >= 0.3 is 5.97 Å². The van der Waals surface area contributed by atoms with Crippen molar-refractivity contribution in [3.05, 3.63) is 12.2 Å². The molecular formula is C10H16O3. The molecule has 0 spiro atoms. The molecule has 13 heavy (non-hydrogen) atoms. The first-order valence-corrected chi connectivity index (χ1v) is 4.21. The zero-order valence-electron chi connectivity index (χ0n) is 8.42. The Morgan fingerprint density at radius 2 is 1.92 bits per heavy atom. The molecule has 0 N–H and O–H groups in total. The number of methoxy groups -OCH3 is 1. The van der Waals surface area contributed by atoms with Gasteiger partial charge in [0.2, 0.25) is 0 Å². The Morgan fingerprint density at radius 1 is 1.38 bits per heavy atom. The number of hydrogen-bond acceptors (Lipinski definition) is 3. The van der Waals surface area contributed by atoms with E-state index in [1.54, 1.807) is 0 Å². The van der Waals surface area contributed by atoms with Crippen molar-refractivity contribution in [1.29, 1.82) is 0 Å². The highest BCUT2D eigenvalue weighted by atomic mass is 16.5. The summed E-state index contributed by atoms with van der Waals surface area (Å²) in [6.07, 6.45) is 1.18. The molecule has 0 aliphatic rings. The molecule has 0 aliphatic carbocycles.